The van der Waals surface area contributed by atoms with Gasteiger partial charge in [0, 0.05) is 17.8 Å². The lowest BCUT2D eigenvalue weighted by atomic mass is 10.1. The lowest BCUT2D eigenvalue weighted by Crippen LogP contribution is -2.42. The smallest absolute Gasteiger partial charge is 0.156 e. The average molecular weight is 255 g/mol. The van der Waals surface area contributed by atoms with Crippen LogP contribution in [0.3, 0.4) is 0 Å². The summed E-state index contributed by atoms with van der Waals surface area (Å²) in [6, 6.07) is 1.26. The molecule has 2 aliphatic heterocycles. The van der Waals surface area contributed by atoms with Crippen LogP contribution in [0.2, 0.25) is 0 Å². The first-order valence-corrected chi connectivity index (χ1v) is 7.87. The van der Waals surface area contributed by atoms with Crippen molar-refractivity contribution in [3.05, 3.63) is 0 Å². The second-order valence-electron chi connectivity index (χ2n) is 5.29. The number of aliphatic imine (C=N–C) groups is 1. The molecule has 0 aromatic heterocycles. The van der Waals surface area contributed by atoms with Gasteiger partial charge in [-0.15, -0.1) is 0 Å². The molecule has 0 spiro atoms. The van der Waals surface area contributed by atoms with E-state index in [4.69, 9.17) is 4.99 Å². The second-order valence-corrected chi connectivity index (χ2v) is 6.30. The Morgan fingerprint density at radius 3 is 3.00 bits per heavy atom. The first kappa shape index (κ1) is 13.2. The van der Waals surface area contributed by atoms with Gasteiger partial charge in [0.1, 0.15) is 0 Å². The quantitative estimate of drug-likeness (QED) is 0.838. The Labute approximate surface area is 109 Å². The van der Waals surface area contributed by atoms with Crippen LogP contribution >= 0.6 is 11.8 Å². The largest absolute Gasteiger partial charge is 0.362 e. The Bertz CT molecular complexity index is 280. The van der Waals surface area contributed by atoms with E-state index in [0.717, 1.165) is 12.5 Å². The molecular formula is C13H25N3S. The molecule has 2 heterocycles. The molecule has 4 heteroatoms. The monoisotopic (exact) mass is 255 g/mol. The van der Waals surface area contributed by atoms with Gasteiger partial charge < -0.3 is 5.32 Å². The molecule has 2 fully saturated rings. The van der Waals surface area contributed by atoms with E-state index in [9.17, 15) is 0 Å². The van der Waals surface area contributed by atoms with E-state index in [-0.39, 0.29) is 0 Å². The van der Waals surface area contributed by atoms with Crippen molar-refractivity contribution in [2.75, 3.05) is 25.4 Å². The molecule has 0 aromatic carbocycles. The number of likely N-dealkylation sites (tertiary alicyclic amines) is 1. The van der Waals surface area contributed by atoms with E-state index in [2.05, 4.69) is 31.0 Å². The van der Waals surface area contributed by atoms with Crippen molar-refractivity contribution in [1.29, 1.82) is 0 Å². The zero-order valence-electron chi connectivity index (χ0n) is 11.3. The highest BCUT2D eigenvalue weighted by Crippen LogP contribution is 2.21. The molecule has 2 aliphatic rings. The third kappa shape index (κ3) is 3.38. The van der Waals surface area contributed by atoms with Gasteiger partial charge in [-0.05, 0) is 38.8 Å². The van der Waals surface area contributed by atoms with Crippen molar-refractivity contribution in [2.45, 2.75) is 45.7 Å². The van der Waals surface area contributed by atoms with Crippen molar-refractivity contribution in [2.24, 2.45) is 10.9 Å². The van der Waals surface area contributed by atoms with E-state index < -0.39 is 0 Å². The van der Waals surface area contributed by atoms with Crippen LogP contribution in [0.25, 0.3) is 0 Å². The number of hydrogen-bond acceptors (Lipinski definition) is 3. The Morgan fingerprint density at radius 1 is 1.47 bits per heavy atom. The molecule has 0 saturated carbocycles. The molecular weight excluding hydrogens is 230 g/mol. The number of nitrogens with one attached hydrogen (secondary N) is 1. The highest BCUT2D eigenvalue weighted by molar-refractivity contribution is 8.13. The molecule has 98 valence electrons. The molecule has 2 rings (SSSR count). The normalized spacial score (nSPS) is 37.4. The molecule has 3 atom stereocenters. The number of thioether (sulfide) groups is 1. The standard InChI is InChI=1S/C13H25N3S/c1-4-16-7-5-6-12(16)8-14-13-15-11(3)10(2)9-17-13/h10-12H,4-9H2,1-3H3,(H,14,15). The molecule has 3 nitrogen and oxygen atoms in total. The van der Waals surface area contributed by atoms with Gasteiger partial charge in [-0.1, -0.05) is 25.6 Å². The summed E-state index contributed by atoms with van der Waals surface area (Å²) < 4.78 is 0. The van der Waals surface area contributed by atoms with Gasteiger partial charge in [0.25, 0.3) is 0 Å². The molecule has 0 bridgehead atoms. The van der Waals surface area contributed by atoms with Gasteiger partial charge >= 0.3 is 0 Å². The summed E-state index contributed by atoms with van der Waals surface area (Å²) in [6.07, 6.45) is 2.67. The summed E-state index contributed by atoms with van der Waals surface area (Å²) in [7, 11) is 0. The third-order valence-corrected chi connectivity index (χ3v) is 5.25. The Kier molecular flexibility index (Phi) is 4.74. The molecule has 2 saturated heterocycles. The van der Waals surface area contributed by atoms with E-state index in [1.165, 1.54) is 36.9 Å². The maximum absolute atomic E-state index is 4.78. The summed E-state index contributed by atoms with van der Waals surface area (Å²) in [5, 5.41) is 4.68. The third-order valence-electron chi connectivity index (χ3n) is 4.04. The zero-order valence-corrected chi connectivity index (χ0v) is 12.1. The molecule has 0 aliphatic carbocycles. The maximum atomic E-state index is 4.78. The fourth-order valence-corrected chi connectivity index (χ4v) is 3.68. The van der Waals surface area contributed by atoms with E-state index in [0.29, 0.717) is 12.1 Å². The Morgan fingerprint density at radius 2 is 2.29 bits per heavy atom. The van der Waals surface area contributed by atoms with Crippen molar-refractivity contribution in [1.82, 2.24) is 10.2 Å². The summed E-state index contributed by atoms with van der Waals surface area (Å²) in [5.74, 6) is 1.95. The van der Waals surface area contributed by atoms with Crippen molar-refractivity contribution < 1.29 is 0 Å². The number of hydrogen-bond donors (Lipinski definition) is 1. The fourth-order valence-electron chi connectivity index (χ4n) is 2.53. The predicted octanol–water partition coefficient (Wildman–Crippen LogP) is 2.19. The highest BCUT2D eigenvalue weighted by atomic mass is 32.2. The fraction of sp³-hybridized carbons (Fsp3) is 0.923. The van der Waals surface area contributed by atoms with Crippen LogP contribution in [0.1, 0.15) is 33.6 Å². The summed E-state index contributed by atoms with van der Waals surface area (Å²) >= 11 is 1.89. The van der Waals surface area contributed by atoms with Crippen LogP contribution < -0.4 is 5.32 Å². The van der Waals surface area contributed by atoms with Crippen LogP contribution in [0, 0.1) is 5.92 Å². The minimum atomic E-state index is 0.570. The van der Waals surface area contributed by atoms with Crippen LogP contribution in [0.15, 0.2) is 4.99 Å². The van der Waals surface area contributed by atoms with E-state index >= 15 is 0 Å². The molecule has 17 heavy (non-hydrogen) atoms. The van der Waals surface area contributed by atoms with Crippen LogP contribution in [0.5, 0.6) is 0 Å². The number of amidine groups is 1. The topological polar surface area (TPSA) is 27.6 Å². The van der Waals surface area contributed by atoms with E-state index in [1.54, 1.807) is 0 Å². The van der Waals surface area contributed by atoms with Gasteiger partial charge in [0.15, 0.2) is 5.17 Å². The van der Waals surface area contributed by atoms with Crippen LogP contribution in [-0.4, -0.2) is 47.5 Å². The van der Waals surface area contributed by atoms with Gasteiger partial charge in [-0.2, -0.15) is 0 Å². The molecule has 1 N–H and O–H groups in total. The minimum Gasteiger partial charge on any atom is -0.362 e. The first-order chi connectivity index (χ1) is 8.20. The minimum absolute atomic E-state index is 0.570. The predicted molar refractivity (Wildman–Crippen MR) is 76.8 cm³/mol. The summed E-state index contributed by atoms with van der Waals surface area (Å²) in [4.78, 5) is 7.33. The average Bonchev–Trinajstić information content (AvgIpc) is 2.78. The lowest BCUT2D eigenvalue weighted by molar-refractivity contribution is 0.273. The SMILES string of the molecule is CCN1CCCC1CN=C1NC(C)C(C)CS1. The number of nitrogens with zero attached hydrogens (tertiary/aromatic N) is 2. The number of rotatable bonds is 3. The maximum Gasteiger partial charge on any atom is 0.156 e. The first-order valence-electron chi connectivity index (χ1n) is 6.88. The molecule has 0 amide bonds. The van der Waals surface area contributed by atoms with Crippen molar-refractivity contribution >= 4 is 16.9 Å². The number of likely N-dealkylation sites (N-methyl/N-ethyl adjacent to an activating group) is 1. The van der Waals surface area contributed by atoms with Gasteiger partial charge in [-0.25, -0.2) is 0 Å². The Balaban J connectivity index is 1.84. The molecule has 0 radical (unpaired) electrons. The van der Waals surface area contributed by atoms with Crippen molar-refractivity contribution in [3.8, 4) is 0 Å². The Hall–Kier alpha value is -0.220. The second kappa shape index (κ2) is 6.10. The van der Waals surface area contributed by atoms with Gasteiger partial charge in [0.05, 0.1) is 6.54 Å². The van der Waals surface area contributed by atoms with Gasteiger partial charge in [-0.3, -0.25) is 9.89 Å². The molecule has 3 unspecified atom stereocenters. The van der Waals surface area contributed by atoms with E-state index in [1.807, 2.05) is 11.8 Å². The lowest BCUT2D eigenvalue weighted by Gasteiger charge is -2.29. The van der Waals surface area contributed by atoms with Crippen molar-refractivity contribution in [3.63, 3.8) is 0 Å². The summed E-state index contributed by atoms with van der Waals surface area (Å²) in [5.41, 5.74) is 0. The zero-order chi connectivity index (χ0) is 12.3. The molecule has 0 aromatic rings. The van der Waals surface area contributed by atoms with Crippen LogP contribution in [0.4, 0.5) is 0 Å². The van der Waals surface area contributed by atoms with Crippen LogP contribution in [-0.2, 0) is 0 Å². The van der Waals surface area contributed by atoms with Gasteiger partial charge in [0.2, 0.25) is 0 Å². The highest BCUT2D eigenvalue weighted by Gasteiger charge is 2.24. The summed E-state index contributed by atoms with van der Waals surface area (Å²) in [6.45, 7) is 10.2.